The van der Waals surface area contributed by atoms with Gasteiger partial charge in [0.25, 0.3) is 0 Å². The van der Waals surface area contributed by atoms with Gasteiger partial charge in [-0.1, -0.05) is 12.1 Å². The second-order valence-corrected chi connectivity index (χ2v) is 4.66. The van der Waals surface area contributed by atoms with Gasteiger partial charge < -0.3 is 10.5 Å². The Kier molecular flexibility index (Phi) is 3.21. The number of methoxy groups -OCH3 is 1. The van der Waals surface area contributed by atoms with Gasteiger partial charge in [-0.25, -0.2) is 0 Å². The van der Waals surface area contributed by atoms with Crippen LogP contribution in [0.4, 0.5) is 5.69 Å². The highest BCUT2D eigenvalue weighted by atomic mass is 16.5. The summed E-state index contributed by atoms with van der Waals surface area (Å²) in [6.45, 7) is 0. The van der Waals surface area contributed by atoms with E-state index in [0.29, 0.717) is 0 Å². The first-order valence-corrected chi connectivity index (χ1v) is 6.39. The highest BCUT2D eigenvalue weighted by molar-refractivity contribution is 5.85. The third-order valence-corrected chi connectivity index (χ3v) is 3.30. The molecule has 100 valence electrons. The van der Waals surface area contributed by atoms with E-state index >= 15 is 0 Å². The van der Waals surface area contributed by atoms with Crippen molar-refractivity contribution in [1.82, 2.24) is 10.2 Å². The number of nitrogens with two attached hydrogens (primary N) is 1. The minimum Gasteiger partial charge on any atom is -0.497 e. The molecule has 0 bridgehead atoms. The third kappa shape index (κ3) is 2.40. The molecule has 3 rings (SSSR count). The van der Waals surface area contributed by atoms with Crippen LogP contribution in [-0.4, -0.2) is 17.3 Å². The number of ether oxygens (including phenoxy) is 1. The van der Waals surface area contributed by atoms with E-state index in [1.54, 1.807) is 13.3 Å². The number of nitrogen functional groups attached to an aromatic ring is 1. The summed E-state index contributed by atoms with van der Waals surface area (Å²) in [5, 5.41) is 10.5. The molecule has 0 amide bonds. The second kappa shape index (κ2) is 5.17. The van der Waals surface area contributed by atoms with Crippen molar-refractivity contribution in [2.75, 3.05) is 12.8 Å². The van der Waals surface area contributed by atoms with Crippen LogP contribution in [0.25, 0.3) is 10.8 Å². The Bertz CT molecular complexity index is 738. The standard InChI is InChI=1S/C16H15N3O/c1-20-14-6-7-15-12(9-14)10-18-19-16(15)8-11-2-4-13(17)5-3-11/h2-7,9-10H,8,17H2,1H3. The summed E-state index contributed by atoms with van der Waals surface area (Å²) in [6.07, 6.45) is 2.49. The number of fused-ring (bicyclic) bond motifs is 1. The number of hydrogen-bond donors (Lipinski definition) is 1. The van der Waals surface area contributed by atoms with E-state index in [1.807, 2.05) is 42.5 Å². The summed E-state index contributed by atoms with van der Waals surface area (Å²) < 4.78 is 5.23. The van der Waals surface area contributed by atoms with Gasteiger partial charge >= 0.3 is 0 Å². The van der Waals surface area contributed by atoms with Crippen LogP contribution in [0.3, 0.4) is 0 Å². The first-order valence-electron chi connectivity index (χ1n) is 6.39. The van der Waals surface area contributed by atoms with Gasteiger partial charge in [-0.2, -0.15) is 10.2 Å². The minimum absolute atomic E-state index is 0.733. The molecule has 0 saturated carbocycles. The van der Waals surface area contributed by atoms with Crippen LogP contribution in [0.5, 0.6) is 5.75 Å². The van der Waals surface area contributed by atoms with Crippen LogP contribution in [0.1, 0.15) is 11.3 Å². The molecule has 4 heteroatoms. The lowest BCUT2D eigenvalue weighted by atomic mass is 10.0. The monoisotopic (exact) mass is 265 g/mol. The van der Waals surface area contributed by atoms with Crippen molar-refractivity contribution in [3.05, 3.63) is 59.9 Å². The number of hydrogen-bond acceptors (Lipinski definition) is 4. The average molecular weight is 265 g/mol. The molecule has 0 aliphatic carbocycles. The van der Waals surface area contributed by atoms with E-state index in [2.05, 4.69) is 10.2 Å². The Balaban J connectivity index is 2.01. The molecular weight excluding hydrogens is 250 g/mol. The zero-order valence-electron chi connectivity index (χ0n) is 11.2. The Morgan fingerprint density at radius 1 is 1.10 bits per heavy atom. The molecule has 2 N–H and O–H groups in total. The molecule has 0 aliphatic rings. The van der Waals surface area contributed by atoms with Gasteiger partial charge in [0.15, 0.2) is 0 Å². The molecule has 1 heterocycles. The molecule has 1 aromatic heterocycles. The number of nitrogens with zero attached hydrogens (tertiary/aromatic N) is 2. The quantitative estimate of drug-likeness (QED) is 0.740. The third-order valence-electron chi connectivity index (χ3n) is 3.30. The van der Waals surface area contributed by atoms with Crippen molar-refractivity contribution < 1.29 is 4.74 Å². The summed E-state index contributed by atoms with van der Waals surface area (Å²) in [6, 6.07) is 13.8. The van der Waals surface area contributed by atoms with Crippen molar-refractivity contribution >= 4 is 16.5 Å². The molecule has 0 aliphatic heterocycles. The van der Waals surface area contributed by atoms with Gasteiger partial charge in [-0.3, -0.25) is 0 Å². The highest BCUT2D eigenvalue weighted by Gasteiger charge is 2.06. The molecule has 0 atom stereocenters. The van der Waals surface area contributed by atoms with E-state index in [9.17, 15) is 0 Å². The summed E-state index contributed by atoms with van der Waals surface area (Å²) in [4.78, 5) is 0. The molecule has 0 saturated heterocycles. The van der Waals surface area contributed by atoms with Crippen LogP contribution in [0, 0.1) is 0 Å². The van der Waals surface area contributed by atoms with Gasteiger partial charge in [-0.05, 0) is 35.9 Å². The molecule has 0 unspecified atom stereocenters. The first-order chi connectivity index (χ1) is 9.76. The summed E-state index contributed by atoms with van der Waals surface area (Å²) in [5.74, 6) is 0.823. The maximum absolute atomic E-state index is 5.70. The Morgan fingerprint density at radius 3 is 2.65 bits per heavy atom. The second-order valence-electron chi connectivity index (χ2n) is 4.66. The van der Waals surface area contributed by atoms with Crippen molar-refractivity contribution in [1.29, 1.82) is 0 Å². The molecule has 0 fully saturated rings. The van der Waals surface area contributed by atoms with Gasteiger partial charge in [0.1, 0.15) is 5.75 Å². The largest absolute Gasteiger partial charge is 0.497 e. The van der Waals surface area contributed by atoms with Gasteiger partial charge in [0, 0.05) is 22.9 Å². The highest BCUT2D eigenvalue weighted by Crippen LogP contribution is 2.23. The van der Waals surface area contributed by atoms with Crippen LogP contribution >= 0.6 is 0 Å². The predicted molar refractivity (Wildman–Crippen MR) is 79.8 cm³/mol. The topological polar surface area (TPSA) is 61.0 Å². The summed E-state index contributed by atoms with van der Waals surface area (Å²) in [5.41, 5.74) is 8.58. The van der Waals surface area contributed by atoms with E-state index < -0.39 is 0 Å². The molecule has 20 heavy (non-hydrogen) atoms. The van der Waals surface area contributed by atoms with Crippen LogP contribution in [0.2, 0.25) is 0 Å². The van der Waals surface area contributed by atoms with Crippen molar-refractivity contribution in [3.8, 4) is 5.75 Å². The minimum atomic E-state index is 0.733. The van der Waals surface area contributed by atoms with Gasteiger partial charge in [0.2, 0.25) is 0 Å². The van der Waals surface area contributed by atoms with Gasteiger partial charge in [-0.15, -0.1) is 0 Å². The smallest absolute Gasteiger partial charge is 0.119 e. The summed E-state index contributed by atoms with van der Waals surface area (Å²) in [7, 11) is 1.66. The lowest BCUT2D eigenvalue weighted by Gasteiger charge is -2.07. The fraction of sp³-hybridized carbons (Fsp3) is 0.125. The SMILES string of the molecule is COc1ccc2c(Cc3ccc(N)cc3)nncc2c1. The Morgan fingerprint density at radius 2 is 1.90 bits per heavy atom. The van der Waals surface area contributed by atoms with E-state index in [4.69, 9.17) is 10.5 Å². The molecule has 2 aromatic carbocycles. The van der Waals surface area contributed by atoms with Crippen LogP contribution in [0.15, 0.2) is 48.7 Å². The number of aromatic nitrogens is 2. The molecular formula is C16H15N3O. The molecule has 0 radical (unpaired) electrons. The van der Waals surface area contributed by atoms with E-state index in [1.165, 1.54) is 0 Å². The lowest BCUT2D eigenvalue weighted by Crippen LogP contribution is -1.97. The van der Waals surface area contributed by atoms with Crippen molar-refractivity contribution in [3.63, 3.8) is 0 Å². The maximum Gasteiger partial charge on any atom is 0.119 e. The van der Waals surface area contributed by atoms with Crippen molar-refractivity contribution in [2.45, 2.75) is 6.42 Å². The number of benzene rings is 2. The first kappa shape index (κ1) is 12.4. The van der Waals surface area contributed by atoms with E-state index in [-0.39, 0.29) is 0 Å². The van der Waals surface area contributed by atoms with Crippen LogP contribution in [-0.2, 0) is 6.42 Å². The number of rotatable bonds is 3. The molecule has 3 aromatic rings. The normalized spacial score (nSPS) is 10.7. The van der Waals surface area contributed by atoms with Crippen molar-refractivity contribution in [2.24, 2.45) is 0 Å². The zero-order chi connectivity index (χ0) is 13.9. The lowest BCUT2D eigenvalue weighted by molar-refractivity contribution is 0.415. The zero-order valence-corrected chi connectivity index (χ0v) is 11.2. The Hall–Kier alpha value is -2.62. The Labute approximate surface area is 117 Å². The fourth-order valence-electron chi connectivity index (χ4n) is 2.21. The van der Waals surface area contributed by atoms with E-state index in [0.717, 1.165) is 39.9 Å². The fourth-order valence-corrected chi connectivity index (χ4v) is 2.21. The number of anilines is 1. The maximum atomic E-state index is 5.70. The van der Waals surface area contributed by atoms with Gasteiger partial charge in [0.05, 0.1) is 19.0 Å². The van der Waals surface area contributed by atoms with Crippen LogP contribution < -0.4 is 10.5 Å². The molecule has 0 spiro atoms. The average Bonchev–Trinajstić information content (AvgIpc) is 2.49. The molecule has 4 nitrogen and oxygen atoms in total. The predicted octanol–water partition coefficient (Wildman–Crippen LogP) is 2.81. The summed E-state index contributed by atoms with van der Waals surface area (Å²) >= 11 is 0.